The highest BCUT2D eigenvalue weighted by molar-refractivity contribution is 7.17. The first-order valence-electron chi connectivity index (χ1n) is 11.0. The largest absolute Gasteiger partial charge is 0.444 e. The number of hydrogen-bond acceptors (Lipinski definition) is 7. The first-order valence-corrected chi connectivity index (χ1v) is 11.8. The van der Waals surface area contributed by atoms with E-state index in [0.29, 0.717) is 48.0 Å². The van der Waals surface area contributed by atoms with Gasteiger partial charge in [0.25, 0.3) is 0 Å². The lowest BCUT2D eigenvalue weighted by Gasteiger charge is -2.35. The Hall–Kier alpha value is -3.59. The lowest BCUT2D eigenvalue weighted by atomic mass is 10.1. The molecular formula is C25H27N3O5S. The number of nitrogens with one attached hydrogen (secondary N) is 1. The van der Waals surface area contributed by atoms with E-state index in [4.69, 9.17) is 9.15 Å². The summed E-state index contributed by atoms with van der Waals surface area (Å²) in [4.78, 5) is 40.5. The maximum absolute atomic E-state index is 12.8. The summed E-state index contributed by atoms with van der Waals surface area (Å²) in [6.07, 6.45) is 0.869. The number of rotatable bonds is 4. The monoisotopic (exact) mass is 481 g/mol. The first kappa shape index (κ1) is 23.6. The minimum absolute atomic E-state index is 0.113. The number of carbonyl (C=O) groups excluding carboxylic acids is 2. The number of benzene rings is 1. The molecule has 8 nitrogen and oxygen atoms in total. The molecule has 1 aliphatic heterocycles. The number of hydrogen-bond donors (Lipinski definition) is 1. The van der Waals surface area contributed by atoms with Gasteiger partial charge in [-0.2, -0.15) is 0 Å². The summed E-state index contributed by atoms with van der Waals surface area (Å²) in [5.41, 5.74) is 2.07. The quantitative estimate of drug-likeness (QED) is 0.543. The SMILES string of the molecule is C=CC(=O)Nc1cccc(-c2csc3c(=O)cc(N4CCN(C(=O)OC(C)(C)C)CC4)oc23)c1. The van der Waals surface area contributed by atoms with Crippen LogP contribution in [0.5, 0.6) is 0 Å². The highest BCUT2D eigenvalue weighted by Gasteiger charge is 2.27. The lowest BCUT2D eigenvalue weighted by molar-refractivity contribution is -0.111. The van der Waals surface area contributed by atoms with Crippen LogP contribution >= 0.6 is 11.3 Å². The van der Waals surface area contributed by atoms with Crippen LogP contribution in [0.1, 0.15) is 20.8 Å². The van der Waals surface area contributed by atoms with E-state index in [9.17, 15) is 14.4 Å². The second-order valence-corrected chi connectivity index (χ2v) is 9.86. The molecule has 0 radical (unpaired) electrons. The van der Waals surface area contributed by atoms with Crippen molar-refractivity contribution in [3.05, 3.63) is 58.6 Å². The Kier molecular flexibility index (Phi) is 6.47. The second-order valence-electron chi connectivity index (χ2n) is 8.99. The molecule has 1 saturated heterocycles. The number of fused-ring (bicyclic) bond motifs is 1. The van der Waals surface area contributed by atoms with Gasteiger partial charge in [0.2, 0.25) is 11.3 Å². The predicted molar refractivity (Wildman–Crippen MR) is 135 cm³/mol. The van der Waals surface area contributed by atoms with Crippen LogP contribution in [0.15, 0.2) is 57.6 Å². The van der Waals surface area contributed by atoms with E-state index in [2.05, 4.69) is 11.9 Å². The van der Waals surface area contributed by atoms with Crippen molar-refractivity contribution in [1.29, 1.82) is 0 Å². The number of nitrogens with zero attached hydrogens (tertiary/aromatic N) is 2. The van der Waals surface area contributed by atoms with E-state index in [1.807, 2.05) is 49.3 Å². The zero-order chi connectivity index (χ0) is 24.5. The molecule has 0 unspecified atom stereocenters. The minimum atomic E-state index is -0.548. The van der Waals surface area contributed by atoms with E-state index < -0.39 is 5.60 Å². The van der Waals surface area contributed by atoms with Crippen LogP contribution in [0.25, 0.3) is 21.4 Å². The van der Waals surface area contributed by atoms with Crippen molar-refractivity contribution in [3.8, 4) is 11.1 Å². The van der Waals surface area contributed by atoms with Crippen molar-refractivity contribution in [3.63, 3.8) is 0 Å². The van der Waals surface area contributed by atoms with Crippen molar-refractivity contribution >= 4 is 45.2 Å². The van der Waals surface area contributed by atoms with E-state index in [1.165, 1.54) is 23.5 Å². The van der Waals surface area contributed by atoms with Crippen LogP contribution < -0.4 is 15.6 Å². The zero-order valence-electron chi connectivity index (χ0n) is 19.4. The van der Waals surface area contributed by atoms with Crippen LogP contribution in [-0.2, 0) is 9.53 Å². The van der Waals surface area contributed by atoms with E-state index in [0.717, 1.165) is 11.1 Å². The molecule has 9 heteroatoms. The fraction of sp³-hybridized carbons (Fsp3) is 0.320. The summed E-state index contributed by atoms with van der Waals surface area (Å²) in [7, 11) is 0. The minimum Gasteiger partial charge on any atom is -0.444 e. The van der Waals surface area contributed by atoms with Gasteiger partial charge >= 0.3 is 6.09 Å². The van der Waals surface area contributed by atoms with Gasteiger partial charge in [-0.25, -0.2) is 4.79 Å². The summed E-state index contributed by atoms with van der Waals surface area (Å²) in [5.74, 6) is 0.170. The Morgan fingerprint density at radius 1 is 1.18 bits per heavy atom. The summed E-state index contributed by atoms with van der Waals surface area (Å²) in [6, 6.07) is 8.85. The number of thiophene rings is 1. The molecule has 1 aliphatic rings. The molecule has 178 valence electrons. The summed E-state index contributed by atoms with van der Waals surface area (Å²) in [6.45, 7) is 11.0. The average Bonchev–Trinajstić information content (AvgIpc) is 3.23. The van der Waals surface area contributed by atoms with Gasteiger partial charge in [-0.3, -0.25) is 9.59 Å². The number of anilines is 2. The van der Waals surface area contributed by atoms with Crippen LogP contribution in [0.2, 0.25) is 0 Å². The Morgan fingerprint density at radius 2 is 1.91 bits per heavy atom. The predicted octanol–water partition coefficient (Wildman–Crippen LogP) is 4.70. The van der Waals surface area contributed by atoms with Gasteiger partial charge in [0.05, 0.1) is 0 Å². The number of carbonyl (C=O) groups is 2. The molecular weight excluding hydrogens is 454 g/mol. The molecule has 2 amide bonds. The Balaban J connectivity index is 1.58. The number of ether oxygens (including phenoxy) is 1. The molecule has 34 heavy (non-hydrogen) atoms. The molecule has 2 aromatic heterocycles. The van der Waals surface area contributed by atoms with Crippen LogP contribution in [-0.4, -0.2) is 48.7 Å². The van der Waals surface area contributed by atoms with Crippen molar-refractivity contribution in [2.75, 3.05) is 36.4 Å². The van der Waals surface area contributed by atoms with E-state index in [-0.39, 0.29) is 17.4 Å². The molecule has 1 aromatic carbocycles. The highest BCUT2D eigenvalue weighted by atomic mass is 32.1. The smallest absolute Gasteiger partial charge is 0.410 e. The molecule has 0 aliphatic carbocycles. The van der Waals surface area contributed by atoms with Gasteiger partial charge in [0.15, 0.2) is 11.5 Å². The van der Waals surface area contributed by atoms with Crippen LogP contribution in [0.4, 0.5) is 16.4 Å². The summed E-state index contributed by atoms with van der Waals surface area (Å²) >= 11 is 1.33. The molecule has 3 aromatic rings. The summed E-state index contributed by atoms with van der Waals surface area (Å²) < 4.78 is 12.2. The standard InChI is InChI=1S/C25H27N3O5S/c1-5-20(30)26-17-8-6-7-16(13-17)18-15-34-23-19(29)14-21(32-22(18)23)27-9-11-28(12-10-27)24(31)33-25(2,3)4/h5-8,13-15H,1,9-12H2,2-4H3,(H,26,30). The normalized spacial score (nSPS) is 14.2. The fourth-order valence-electron chi connectivity index (χ4n) is 3.68. The van der Waals surface area contributed by atoms with E-state index in [1.54, 1.807) is 11.0 Å². The van der Waals surface area contributed by atoms with Gasteiger partial charge in [-0.1, -0.05) is 18.7 Å². The molecule has 4 rings (SSSR count). The molecule has 0 spiro atoms. The van der Waals surface area contributed by atoms with Gasteiger partial charge in [-0.05, 0) is 44.5 Å². The topological polar surface area (TPSA) is 92.1 Å². The summed E-state index contributed by atoms with van der Waals surface area (Å²) in [5, 5.41) is 4.63. The maximum Gasteiger partial charge on any atom is 0.410 e. The van der Waals surface area contributed by atoms with Gasteiger partial charge in [0, 0.05) is 48.9 Å². The maximum atomic E-state index is 12.8. The van der Waals surface area contributed by atoms with Crippen molar-refractivity contribution < 1.29 is 18.7 Å². The third-order valence-corrected chi connectivity index (χ3v) is 6.28. The number of piperazine rings is 1. The molecule has 0 atom stereocenters. The van der Waals surface area contributed by atoms with Gasteiger partial charge < -0.3 is 24.3 Å². The Bertz CT molecular complexity index is 1300. The van der Waals surface area contributed by atoms with Crippen molar-refractivity contribution in [1.82, 2.24) is 4.90 Å². The Morgan fingerprint density at radius 3 is 2.59 bits per heavy atom. The first-order chi connectivity index (χ1) is 16.1. The molecule has 1 fully saturated rings. The molecule has 0 bridgehead atoms. The lowest BCUT2D eigenvalue weighted by Crippen LogP contribution is -2.50. The molecule has 1 N–H and O–H groups in total. The zero-order valence-corrected chi connectivity index (χ0v) is 20.2. The third kappa shape index (κ3) is 5.14. The third-order valence-electron chi connectivity index (χ3n) is 5.30. The fourth-order valence-corrected chi connectivity index (χ4v) is 4.59. The molecule has 3 heterocycles. The second kappa shape index (κ2) is 9.34. The van der Waals surface area contributed by atoms with Gasteiger partial charge in [-0.15, -0.1) is 11.3 Å². The van der Waals surface area contributed by atoms with Crippen molar-refractivity contribution in [2.24, 2.45) is 0 Å². The van der Waals surface area contributed by atoms with Gasteiger partial charge in [0.1, 0.15) is 10.3 Å². The number of amides is 2. The highest BCUT2D eigenvalue weighted by Crippen LogP contribution is 2.35. The average molecular weight is 482 g/mol. The van der Waals surface area contributed by atoms with E-state index >= 15 is 0 Å². The van der Waals surface area contributed by atoms with Crippen molar-refractivity contribution in [2.45, 2.75) is 26.4 Å². The Labute approximate surface area is 201 Å². The van der Waals surface area contributed by atoms with Crippen LogP contribution in [0.3, 0.4) is 0 Å². The van der Waals surface area contributed by atoms with Crippen LogP contribution in [0, 0.1) is 0 Å². The molecule has 0 saturated carbocycles.